The van der Waals surface area contributed by atoms with Gasteiger partial charge in [0, 0.05) is 36.0 Å². The summed E-state index contributed by atoms with van der Waals surface area (Å²) < 4.78 is 14.2. The van der Waals surface area contributed by atoms with Crippen LogP contribution in [0.25, 0.3) is 22.1 Å². The maximum atomic E-state index is 12.7. The van der Waals surface area contributed by atoms with Crippen LogP contribution < -0.4 is 0 Å². The van der Waals surface area contributed by atoms with E-state index < -0.39 is 54.9 Å². The van der Waals surface area contributed by atoms with Gasteiger partial charge in [-0.25, -0.2) is 24.7 Å². The zero-order valence-corrected chi connectivity index (χ0v) is 20.7. The molecule has 2 aliphatic carbocycles. The number of hydrogen-bond donors (Lipinski definition) is 4. The highest BCUT2D eigenvalue weighted by Gasteiger charge is 2.48. The molecule has 0 spiro atoms. The molecule has 0 unspecified atom stereocenters. The summed E-state index contributed by atoms with van der Waals surface area (Å²) >= 11 is 0. The van der Waals surface area contributed by atoms with E-state index in [4.69, 9.17) is 9.47 Å². The van der Waals surface area contributed by atoms with Gasteiger partial charge in [0.05, 0.1) is 23.5 Å². The second-order valence-corrected chi connectivity index (χ2v) is 9.97. The van der Waals surface area contributed by atoms with Gasteiger partial charge in [-0.3, -0.25) is 0 Å². The molecule has 13 nitrogen and oxygen atoms in total. The summed E-state index contributed by atoms with van der Waals surface area (Å²) in [5.41, 5.74) is 2.77. The number of aromatic nitrogens is 6. The lowest BCUT2D eigenvalue weighted by Crippen LogP contribution is -2.37. The van der Waals surface area contributed by atoms with E-state index in [-0.39, 0.29) is 12.8 Å². The minimum Gasteiger partial charge on any atom is -0.428 e. The van der Waals surface area contributed by atoms with E-state index in [1.54, 1.807) is 21.5 Å². The molecule has 0 bridgehead atoms. The summed E-state index contributed by atoms with van der Waals surface area (Å²) in [6, 6.07) is 2.48. The third-order valence-corrected chi connectivity index (χ3v) is 7.82. The Labute approximate surface area is 216 Å². The lowest BCUT2D eigenvalue weighted by molar-refractivity contribution is -0.0777. The smallest absolute Gasteiger partial charge is 0.428 e. The van der Waals surface area contributed by atoms with Crippen LogP contribution in [0.3, 0.4) is 0 Å². The van der Waals surface area contributed by atoms with Crippen molar-refractivity contribution in [3.63, 3.8) is 0 Å². The second-order valence-electron chi connectivity index (χ2n) is 9.97. The number of carbonyl (C=O) groups excluding carboxylic acids is 1. The van der Waals surface area contributed by atoms with Crippen molar-refractivity contribution in [1.29, 1.82) is 0 Å². The molecule has 0 aliphatic heterocycles. The van der Waals surface area contributed by atoms with Crippen LogP contribution in [0, 0.1) is 13.8 Å². The summed E-state index contributed by atoms with van der Waals surface area (Å²) in [5.74, 6) is 0. The van der Waals surface area contributed by atoms with E-state index in [0.29, 0.717) is 11.3 Å². The van der Waals surface area contributed by atoms with Gasteiger partial charge in [0.25, 0.3) is 0 Å². The van der Waals surface area contributed by atoms with Crippen molar-refractivity contribution >= 4 is 28.2 Å². The van der Waals surface area contributed by atoms with E-state index in [1.807, 2.05) is 26.0 Å². The van der Waals surface area contributed by atoms with Crippen molar-refractivity contribution in [2.45, 2.75) is 75.4 Å². The molecule has 8 atom stereocenters. The van der Waals surface area contributed by atoms with Gasteiger partial charge in [-0.05, 0) is 26.0 Å². The molecule has 200 valence electrons. The Kier molecular flexibility index (Phi) is 6.02. The Morgan fingerprint density at radius 1 is 0.737 bits per heavy atom. The maximum Gasteiger partial charge on any atom is 0.509 e. The molecule has 4 N–H and O–H groups in total. The first-order valence-corrected chi connectivity index (χ1v) is 12.4. The van der Waals surface area contributed by atoms with Crippen LogP contribution in [-0.2, 0) is 9.47 Å². The molecule has 2 aliphatic rings. The fourth-order valence-electron chi connectivity index (χ4n) is 5.73. The van der Waals surface area contributed by atoms with Gasteiger partial charge in [-0.15, -0.1) is 0 Å². The topological polar surface area (TPSA) is 178 Å². The summed E-state index contributed by atoms with van der Waals surface area (Å²) in [5, 5.41) is 44.3. The van der Waals surface area contributed by atoms with Gasteiger partial charge in [0.2, 0.25) is 0 Å². The predicted molar refractivity (Wildman–Crippen MR) is 131 cm³/mol. The summed E-state index contributed by atoms with van der Waals surface area (Å²) in [6.45, 7) is 3.70. The minimum atomic E-state index is -1.35. The molecule has 6 rings (SSSR count). The van der Waals surface area contributed by atoms with Gasteiger partial charge in [-0.2, -0.15) is 0 Å². The first-order valence-electron chi connectivity index (χ1n) is 12.4. The van der Waals surface area contributed by atoms with E-state index in [1.165, 1.54) is 12.7 Å². The molecule has 4 aromatic heterocycles. The minimum absolute atomic E-state index is 0.122. The molecule has 13 heteroatoms. The standard InChI is InChI=1S/C25H28N6O7/c1-11-13-3-5-30(23(13)28-9-26-11)15-7-17(21(34)19(15)32)37-25(36)38-18-8-16(20(33)22(18)35)31-6-4-14-12(2)27-10-29-24(14)31/h3-6,9-10,15-22,32-35H,7-8H2,1-2H3/t15-,16-,17+,18+,19+,20+,21-,22-/m1/s1. The zero-order chi connectivity index (χ0) is 26.7. The molecule has 0 aromatic carbocycles. The monoisotopic (exact) mass is 524 g/mol. The van der Waals surface area contributed by atoms with Gasteiger partial charge >= 0.3 is 6.16 Å². The third-order valence-electron chi connectivity index (χ3n) is 7.82. The molecule has 2 fully saturated rings. The number of nitrogens with zero attached hydrogens (tertiary/aromatic N) is 6. The largest absolute Gasteiger partial charge is 0.509 e. The van der Waals surface area contributed by atoms with E-state index >= 15 is 0 Å². The van der Waals surface area contributed by atoms with Crippen molar-refractivity contribution in [1.82, 2.24) is 29.1 Å². The molecular formula is C25H28N6O7. The predicted octanol–water partition coefficient (Wildman–Crippen LogP) is 0.717. The van der Waals surface area contributed by atoms with Crippen LogP contribution in [0.4, 0.5) is 4.79 Å². The van der Waals surface area contributed by atoms with E-state index in [9.17, 15) is 25.2 Å². The van der Waals surface area contributed by atoms with Crippen LogP contribution in [0.1, 0.15) is 36.3 Å². The third kappa shape index (κ3) is 3.89. The molecular weight excluding hydrogens is 496 g/mol. The van der Waals surface area contributed by atoms with Gasteiger partial charge in [-0.1, -0.05) is 0 Å². The first kappa shape index (κ1) is 24.7. The number of aliphatic hydroxyl groups is 4. The number of hydrogen-bond acceptors (Lipinski definition) is 11. The zero-order valence-electron chi connectivity index (χ0n) is 20.7. The SMILES string of the molecule is Cc1ncnc2c1ccn2[C@@H]1C[C@H](OC(=O)O[C@H]2C[C@@H](n3ccc4c(C)ncnc43)[C@H](O)[C@@H]2O)[C@@H](O)[C@H]1O. The lowest BCUT2D eigenvalue weighted by Gasteiger charge is -2.20. The van der Waals surface area contributed by atoms with Crippen molar-refractivity contribution in [2.75, 3.05) is 0 Å². The Morgan fingerprint density at radius 3 is 1.58 bits per heavy atom. The lowest BCUT2D eigenvalue weighted by atomic mass is 10.2. The molecule has 2 saturated carbocycles. The van der Waals surface area contributed by atoms with Gasteiger partial charge in [0.15, 0.2) is 0 Å². The van der Waals surface area contributed by atoms with Crippen LogP contribution in [0.5, 0.6) is 0 Å². The fourth-order valence-corrected chi connectivity index (χ4v) is 5.73. The normalized spacial score (nSPS) is 31.3. The summed E-state index contributed by atoms with van der Waals surface area (Å²) in [7, 11) is 0. The van der Waals surface area contributed by atoms with Crippen LogP contribution in [-0.4, -0.2) is 92.3 Å². The maximum absolute atomic E-state index is 12.7. The van der Waals surface area contributed by atoms with E-state index in [2.05, 4.69) is 19.9 Å². The summed E-state index contributed by atoms with van der Waals surface area (Å²) in [6.07, 6.45) is -1.73. The molecule has 4 aromatic rings. The van der Waals surface area contributed by atoms with Crippen molar-refractivity contribution in [2.24, 2.45) is 0 Å². The van der Waals surface area contributed by atoms with Crippen molar-refractivity contribution in [3.8, 4) is 0 Å². The Hall–Kier alpha value is -3.65. The summed E-state index contributed by atoms with van der Waals surface area (Å²) in [4.78, 5) is 29.6. The average molecular weight is 525 g/mol. The van der Waals surface area contributed by atoms with Gasteiger partial charge < -0.3 is 39.0 Å². The van der Waals surface area contributed by atoms with Crippen LogP contribution in [0.2, 0.25) is 0 Å². The van der Waals surface area contributed by atoms with Crippen LogP contribution in [0.15, 0.2) is 37.2 Å². The van der Waals surface area contributed by atoms with Crippen LogP contribution >= 0.6 is 0 Å². The number of fused-ring (bicyclic) bond motifs is 2. The number of carbonyl (C=O) groups is 1. The molecule has 0 saturated heterocycles. The van der Waals surface area contributed by atoms with Crippen molar-refractivity contribution in [3.05, 3.63) is 48.6 Å². The highest BCUT2D eigenvalue weighted by molar-refractivity contribution is 5.79. The Bertz CT molecular complexity index is 1390. The number of rotatable bonds is 4. The number of aliphatic hydroxyl groups excluding tert-OH is 4. The second kappa shape index (κ2) is 9.27. The molecule has 4 heterocycles. The molecule has 0 amide bonds. The highest BCUT2D eigenvalue weighted by Crippen LogP contribution is 2.38. The molecule has 0 radical (unpaired) electrons. The Morgan fingerprint density at radius 2 is 1.16 bits per heavy atom. The van der Waals surface area contributed by atoms with Crippen molar-refractivity contribution < 1.29 is 34.7 Å². The number of ether oxygens (including phenoxy) is 2. The van der Waals surface area contributed by atoms with Gasteiger partial charge in [0.1, 0.15) is 60.6 Å². The quantitative estimate of drug-likeness (QED) is 0.276. The first-order chi connectivity index (χ1) is 18.2. The average Bonchev–Trinajstić information content (AvgIpc) is 3.64. The highest BCUT2D eigenvalue weighted by atomic mass is 16.7. The Balaban J connectivity index is 1.14. The molecule has 38 heavy (non-hydrogen) atoms. The number of aryl methyl sites for hydroxylation is 2. The fraction of sp³-hybridized carbons (Fsp3) is 0.480. The van der Waals surface area contributed by atoms with E-state index in [0.717, 1.165) is 22.2 Å².